The zero-order valence-corrected chi connectivity index (χ0v) is 11.2. The van der Waals surface area contributed by atoms with Gasteiger partial charge in [0.15, 0.2) is 0 Å². The summed E-state index contributed by atoms with van der Waals surface area (Å²) in [6.07, 6.45) is 0. The third-order valence-corrected chi connectivity index (χ3v) is 2.66. The van der Waals surface area contributed by atoms with Crippen molar-refractivity contribution in [3.8, 4) is 0 Å². The first-order valence-corrected chi connectivity index (χ1v) is 5.87. The lowest BCUT2D eigenvalue weighted by Gasteiger charge is -2.24. The second kappa shape index (κ2) is 5.27. The van der Waals surface area contributed by atoms with Crippen LogP contribution >= 0.6 is 0 Å². The maximum Gasteiger partial charge on any atom is 0.244 e. The van der Waals surface area contributed by atoms with Crippen LogP contribution in [0.2, 0.25) is 0 Å². The fourth-order valence-electron chi connectivity index (χ4n) is 1.62. The third-order valence-electron chi connectivity index (χ3n) is 2.66. The van der Waals surface area contributed by atoms with Gasteiger partial charge in [-0.25, -0.2) is 0 Å². The quantitative estimate of drug-likeness (QED) is 0.839. The molecule has 1 heterocycles. The van der Waals surface area contributed by atoms with Crippen LogP contribution in [-0.4, -0.2) is 23.0 Å². The van der Waals surface area contributed by atoms with Crippen LogP contribution in [0.5, 0.6) is 0 Å². The van der Waals surface area contributed by atoms with Crippen LogP contribution in [0.4, 0.5) is 5.69 Å². The molecule has 0 spiro atoms. The average Bonchev–Trinajstić information content (AvgIpc) is 2.22. The van der Waals surface area contributed by atoms with Crippen LogP contribution in [0.25, 0.3) is 0 Å². The highest BCUT2D eigenvalue weighted by Gasteiger charge is 2.26. The average molecular weight is 235 g/mol. The fraction of sp³-hybridized carbons (Fsp3) is 0.538. The summed E-state index contributed by atoms with van der Waals surface area (Å²) >= 11 is 0. The van der Waals surface area contributed by atoms with Crippen molar-refractivity contribution >= 4 is 11.6 Å². The topological polar surface area (TPSA) is 54.0 Å². The van der Waals surface area contributed by atoms with E-state index in [2.05, 4.69) is 15.6 Å². The number of nitrogens with one attached hydrogen (secondary N) is 2. The number of hydrogen-bond donors (Lipinski definition) is 2. The molecule has 17 heavy (non-hydrogen) atoms. The number of carbonyl (C=O) groups is 1. The summed E-state index contributed by atoms with van der Waals surface area (Å²) in [5, 5.41) is 6.04. The molecule has 1 rings (SSSR count). The summed E-state index contributed by atoms with van der Waals surface area (Å²) in [5.41, 5.74) is 1.98. The normalized spacial score (nSPS) is 11.4. The summed E-state index contributed by atoms with van der Waals surface area (Å²) in [6, 6.07) is 3.78. The lowest BCUT2D eigenvalue weighted by molar-refractivity contribution is -0.121. The fourth-order valence-corrected chi connectivity index (χ4v) is 1.62. The van der Waals surface area contributed by atoms with Crippen LogP contribution in [0.15, 0.2) is 12.1 Å². The molecule has 0 aliphatic rings. The van der Waals surface area contributed by atoms with E-state index < -0.39 is 5.54 Å². The molecule has 1 aromatic rings. The van der Waals surface area contributed by atoms with Gasteiger partial charge in [0.1, 0.15) is 0 Å². The molecule has 4 nitrogen and oxygen atoms in total. The Kier molecular flexibility index (Phi) is 4.23. The number of rotatable bonds is 4. The number of nitrogens with zero attached hydrogens (tertiary/aromatic N) is 1. The Morgan fingerprint density at radius 3 is 2.53 bits per heavy atom. The first kappa shape index (κ1) is 13.6. The van der Waals surface area contributed by atoms with E-state index in [9.17, 15) is 4.79 Å². The highest BCUT2D eigenvalue weighted by atomic mass is 16.2. The van der Waals surface area contributed by atoms with Crippen LogP contribution in [0.1, 0.15) is 32.2 Å². The first-order chi connectivity index (χ1) is 7.86. The van der Waals surface area contributed by atoms with Crippen molar-refractivity contribution in [1.82, 2.24) is 10.3 Å². The van der Waals surface area contributed by atoms with Crippen molar-refractivity contribution in [3.63, 3.8) is 0 Å². The van der Waals surface area contributed by atoms with Gasteiger partial charge in [0.2, 0.25) is 5.91 Å². The monoisotopic (exact) mass is 235 g/mol. The Bertz CT molecular complexity index is 413. The first-order valence-electron chi connectivity index (χ1n) is 5.87. The van der Waals surface area contributed by atoms with Crippen molar-refractivity contribution < 1.29 is 4.79 Å². The van der Waals surface area contributed by atoms with Gasteiger partial charge in [-0.05, 0) is 46.4 Å². The van der Waals surface area contributed by atoms with E-state index in [1.54, 1.807) is 0 Å². The molecule has 0 aliphatic heterocycles. The molecule has 0 radical (unpaired) electrons. The standard InChI is InChI=1S/C13H21N3O/c1-6-14-13(4,5)12(17)16-11-8-7-9(2)15-10(11)3/h7-8,14H,6H2,1-5H3,(H,16,17). The molecule has 1 amide bonds. The van der Waals surface area contributed by atoms with Gasteiger partial charge >= 0.3 is 0 Å². The van der Waals surface area contributed by atoms with Gasteiger partial charge in [0.25, 0.3) is 0 Å². The number of hydrogen-bond acceptors (Lipinski definition) is 3. The van der Waals surface area contributed by atoms with E-state index in [0.717, 1.165) is 23.6 Å². The molecule has 0 aliphatic carbocycles. The minimum atomic E-state index is -0.577. The van der Waals surface area contributed by atoms with E-state index in [1.165, 1.54) is 0 Å². The molecule has 0 atom stereocenters. The number of aromatic nitrogens is 1. The predicted octanol–water partition coefficient (Wildman–Crippen LogP) is 2.03. The second-order valence-electron chi connectivity index (χ2n) is 4.70. The van der Waals surface area contributed by atoms with E-state index >= 15 is 0 Å². The molecule has 0 unspecified atom stereocenters. The maximum absolute atomic E-state index is 12.1. The maximum atomic E-state index is 12.1. The van der Waals surface area contributed by atoms with Crippen LogP contribution in [0, 0.1) is 13.8 Å². The summed E-state index contributed by atoms with van der Waals surface area (Å²) in [7, 11) is 0. The molecule has 0 saturated heterocycles. The number of amides is 1. The molecule has 0 aromatic carbocycles. The van der Waals surface area contributed by atoms with Crippen molar-refractivity contribution in [2.45, 2.75) is 40.2 Å². The van der Waals surface area contributed by atoms with Gasteiger partial charge in [0, 0.05) is 5.69 Å². The predicted molar refractivity (Wildman–Crippen MR) is 70.1 cm³/mol. The molecule has 0 fully saturated rings. The Balaban J connectivity index is 2.81. The molecular weight excluding hydrogens is 214 g/mol. The van der Waals surface area contributed by atoms with Crippen LogP contribution in [-0.2, 0) is 4.79 Å². The summed E-state index contributed by atoms with van der Waals surface area (Å²) in [4.78, 5) is 16.4. The van der Waals surface area contributed by atoms with E-state index in [4.69, 9.17) is 0 Å². The van der Waals surface area contributed by atoms with E-state index in [1.807, 2.05) is 46.8 Å². The summed E-state index contributed by atoms with van der Waals surface area (Å²) in [5.74, 6) is -0.0481. The molecule has 2 N–H and O–H groups in total. The Hall–Kier alpha value is -1.42. The molecule has 0 bridgehead atoms. The van der Waals surface area contributed by atoms with Crippen LogP contribution < -0.4 is 10.6 Å². The molecule has 4 heteroatoms. The van der Waals surface area contributed by atoms with Crippen LogP contribution in [0.3, 0.4) is 0 Å². The number of anilines is 1. The number of aryl methyl sites for hydroxylation is 2. The van der Waals surface area contributed by atoms with E-state index in [-0.39, 0.29) is 5.91 Å². The van der Waals surface area contributed by atoms with Crippen molar-refractivity contribution in [2.75, 3.05) is 11.9 Å². The summed E-state index contributed by atoms with van der Waals surface area (Å²) in [6.45, 7) is 10.3. The Labute approximate surface area is 103 Å². The SMILES string of the molecule is CCNC(C)(C)C(=O)Nc1ccc(C)nc1C. The molecular formula is C13H21N3O. The van der Waals surface area contributed by atoms with Crippen molar-refractivity contribution in [1.29, 1.82) is 0 Å². The van der Waals surface area contributed by atoms with Gasteiger partial charge < -0.3 is 10.6 Å². The Morgan fingerprint density at radius 2 is 2.00 bits per heavy atom. The third kappa shape index (κ3) is 3.53. The number of likely N-dealkylation sites (N-methyl/N-ethyl adjacent to an activating group) is 1. The zero-order valence-electron chi connectivity index (χ0n) is 11.2. The van der Waals surface area contributed by atoms with Crippen molar-refractivity contribution in [3.05, 3.63) is 23.5 Å². The minimum absolute atomic E-state index is 0.0481. The van der Waals surface area contributed by atoms with Gasteiger partial charge in [-0.15, -0.1) is 0 Å². The number of carbonyl (C=O) groups excluding carboxylic acids is 1. The lowest BCUT2D eigenvalue weighted by atomic mass is 10.0. The zero-order chi connectivity index (χ0) is 13.1. The van der Waals surface area contributed by atoms with Gasteiger partial charge in [0.05, 0.1) is 16.9 Å². The largest absolute Gasteiger partial charge is 0.323 e. The van der Waals surface area contributed by atoms with Gasteiger partial charge in [-0.2, -0.15) is 0 Å². The Morgan fingerprint density at radius 1 is 1.35 bits per heavy atom. The van der Waals surface area contributed by atoms with Gasteiger partial charge in [-0.3, -0.25) is 9.78 Å². The molecule has 1 aromatic heterocycles. The molecule has 94 valence electrons. The second-order valence-corrected chi connectivity index (χ2v) is 4.70. The summed E-state index contributed by atoms with van der Waals surface area (Å²) < 4.78 is 0. The van der Waals surface area contributed by atoms with Gasteiger partial charge in [-0.1, -0.05) is 6.92 Å². The highest BCUT2D eigenvalue weighted by Crippen LogP contribution is 2.15. The lowest BCUT2D eigenvalue weighted by Crippen LogP contribution is -2.49. The van der Waals surface area contributed by atoms with E-state index in [0.29, 0.717) is 0 Å². The highest BCUT2D eigenvalue weighted by molar-refractivity contribution is 5.97. The van der Waals surface area contributed by atoms with Crippen molar-refractivity contribution in [2.24, 2.45) is 0 Å². The minimum Gasteiger partial charge on any atom is -0.323 e. The molecule has 0 saturated carbocycles. The smallest absolute Gasteiger partial charge is 0.244 e. The number of pyridine rings is 1.